The molecule has 0 unspecified atom stereocenters. The summed E-state index contributed by atoms with van der Waals surface area (Å²) in [7, 11) is 0. The molecule has 0 aliphatic carbocycles. The molecule has 2 rings (SSSR count). The van der Waals surface area contributed by atoms with Gasteiger partial charge in [-0.3, -0.25) is 4.79 Å². The highest BCUT2D eigenvalue weighted by atomic mass is 32.2. The Hall–Kier alpha value is -0.750. The monoisotopic (exact) mass is 215 g/mol. The maximum absolute atomic E-state index is 11.4. The van der Waals surface area contributed by atoms with Crippen LogP contribution in [0.1, 0.15) is 19.8 Å². The third-order valence-electron chi connectivity index (χ3n) is 2.45. The van der Waals surface area contributed by atoms with Crippen LogP contribution in [0.15, 0.2) is 5.10 Å². The highest BCUT2D eigenvalue weighted by Gasteiger charge is 2.46. The molecule has 6 heteroatoms. The largest absolute Gasteiger partial charge is 0.381 e. The SMILES string of the molecule is CC(=O)N1N=C(N)SC12CCOCC2. The number of amides is 1. The molecular formula is C8H13N3O2S. The lowest BCUT2D eigenvalue weighted by Gasteiger charge is -2.37. The molecule has 1 amide bonds. The van der Waals surface area contributed by atoms with Gasteiger partial charge >= 0.3 is 0 Å². The summed E-state index contributed by atoms with van der Waals surface area (Å²) in [6.45, 7) is 2.85. The molecule has 1 fully saturated rings. The van der Waals surface area contributed by atoms with E-state index >= 15 is 0 Å². The predicted octanol–water partition coefficient (Wildman–Crippen LogP) is 0.318. The first-order chi connectivity index (χ1) is 6.64. The van der Waals surface area contributed by atoms with Crippen molar-refractivity contribution in [3.8, 4) is 0 Å². The van der Waals surface area contributed by atoms with Gasteiger partial charge in [0.15, 0.2) is 5.17 Å². The molecule has 0 bridgehead atoms. The van der Waals surface area contributed by atoms with Crippen molar-refractivity contribution in [3.05, 3.63) is 0 Å². The molecule has 1 spiro atoms. The maximum atomic E-state index is 11.4. The molecule has 78 valence electrons. The van der Waals surface area contributed by atoms with Gasteiger partial charge in [-0.15, -0.1) is 5.10 Å². The fraction of sp³-hybridized carbons (Fsp3) is 0.750. The van der Waals surface area contributed by atoms with Crippen LogP contribution in [0.2, 0.25) is 0 Å². The molecule has 0 aromatic rings. The number of hydrazone groups is 1. The lowest BCUT2D eigenvalue weighted by Crippen LogP contribution is -2.46. The van der Waals surface area contributed by atoms with E-state index in [1.807, 2.05) is 0 Å². The van der Waals surface area contributed by atoms with E-state index in [2.05, 4.69) is 5.10 Å². The van der Waals surface area contributed by atoms with Crippen molar-refractivity contribution in [1.29, 1.82) is 0 Å². The molecule has 14 heavy (non-hydrogen) atoms. The number of nitrogens with two attached hydrogens (primary N) is 1. The number of ether oxygens (including phenoxy) is 1. The van der Waals surface area contributed by atoms with E-state index in [-0.39, 0.29) is 10.8 Å². The predicted molar refractivity (Wildman–Crippen MR) is 54.5 cm³/mol. The molecule has 0 aromatic carbocycles. The van der Waals surface area contributed by atoms with E-state index < -0.39 is 0 Å². The zero-order valence-electron chi connectivity index (χ0n) is 8.02. The Morgan fingerprint density at radius 1 is 1.64 bits per heavy atom. The van der Waals surface area contributed by atoms with E-state index in [1.165, 1.54) is 23.7 Å². The summed E-state index contributed by atoms with van der Waals surface area (Å²) in [6.07, 6.45) is 1.59. The van der Waals surface area contributed by atoms with Crippen LogP contribution in [0.4, 0.5) is 0 Å². The molecule has 2 heterocycles. The van der Waals surface area contributed by atoms with Crippen LogP contribution in [0.5, 0.6) is 0 Å². The normalized spacial score (nSPS) is 25.2. The summed E-state index contributed by atoms with van der Waals surface area (Å²) in [4.78, 5) is 11.1. The van der Waals surface area contributed by atoms with Gasteiger partial charge in [0.25, 0.3) is 0 Å². The average Bonchev–Trinajstić information content (AvgIpc) is 2.44. The van der Waals surface area contributed by atoms with Gasteiger partial charge in [0.1, 0.15) is 4.87 Å². The Balaban J connectivity index is 2.22. The van der Waals surface area contributed by atoms with Gasteiger partial charge in [0, 0.05) is 33.0 Å². The van der Waals surface area contributed by atoms with E-state index in [9.17, 15) is 4.79 Å². The van der Waals surface area contributed by atoms with Crippen molar-refractivity contribution in [2.24, 2.45) is 10.8 Å². The fourth-order valence-corrected chi connectivity index (χ4v) is 2.95. The van der Waals surface area contributed by atoms with Gasteiger partial charge in [-0.05, 0) is 0 Å². The lowest BCUT2D eigenvalue weighted by molar-refractivity contribution is -0.134. The van der Waals surface area contributed by atoms with Gasteiger partial charge in [-0.1, -0.05) is 11.8 Å². The Morgan fingerprint density at radius 3 is 2.86 bits per heavy atom. The first-order valence-corrected chi connectivity index (χ1v) is 5.37. The third-order valence-corrected chi connectivity index (χ3v) is 3.70. The van der Waals surface area contributed by atoms with Crippen LogP contribution in [0, 0.1) is 0 Å². The minimum atomic E-state index is -0.270. The maximum Gasteiger partial charge on any atom is 0.240 e. The minimum absolute atomic E-state index is 0.0557. The van der Waals surface area contributed by atoms with Gasteiger partial charge in [0.05, 0.1) is 0 Å². The fourth-order valence-electron chi connectivity index (χ4n) is 1.81. The van der Waals surface area contributed by atoms with Gasteiger partial charge in [0.2, 0.25) is 5.91 Å². The van der Waals surface area contributed by atoms with Crippen LogP contribution < -0.4 is 5.73 Å². The molecule has 0 saturated carbocycles. The molecule has 2 N–H and O–H groups in total. The molecule has 5 nitrogen and oxygen atoms in total. The number of carbonyl (C=O) groups excluding carboxylic acids is 1. The summed E-state index contributed by atoms with van der Waals surface area (Å²) in [5, 5.41) is 6.03. The van der Waals surface area contributed by atoms with Crippen molar-refractivity contribution in [3.63, 3.8) is 0 Å². The average molecular weight is 215 g/mol. The Kier molecular flexibility index (Phi) is 2.40. The summed E-state index contributed by atoms with van der Waals surface area (Å²) >= 11 is 1.48. The molecule has 2 aliphatic heterocycles. The zero-order chi connectivity index (χ0) is 10.2. The van der Waals surface area contributed by atoms with Crippen LogP contribution in [0.25, 0.3) is 0 Å². The Bertz CT molecular complexity index is 286. The molecule has 0 atom stereocenters. The van der Waals surface area contributed by atoms with Crippen LogP contribution in [-0.2, 0) is 9.53 Å². The molecule has 2 aliphatic rings. The number of carbonyl (C=O) groups is 1. The van der Waals surface area contributed by atoms with E-state index in [0.717, 1.165) is 12.8 Å². The van der Waals surface area contributed by atoms with E-state index in [1.54, 1.807) is 0 Å². The second-order valence-corrected chi connectivity index (χ2v) is 4.81. The summed E-state index contributed by atoms with van der Waals surface area (Å²) in [5.41, 5.74) is 5.65. The summed E-state index contributed by atoms with van der Waals surface area (Å²) < 4.78 is 5.28. The van der Waals surface area contributed by atoms with Crippen LogP contribution in [0.3, 0.4) is 0 Å². The quantitative estimate of drug-likeness (QED) is 0.632. The molecular weight excluding hydrogens is 202 g/mol. The van der Waals surface area contributed by atoms with Gasteiger partial charge < -0.3 is 10.5 Å². The van der Waals surface area contributed by atoms with Crippen LogP contribution in [-0.4, -0.2) is 34.2 Å². The van der Waals surface area contributed by atoms with Crippen molar-refractivity contribution < 1.29 is 9.53 Å². The minimum Gasteiger partial charge on any atom is -0.381 e. The highest BCUT2D eigenvalue weighted by molar-refractivity contribution is 8.15. The first kappa shape index (κ1) is 9.79. The number of amidine groups is 1. The number of thioether (sulfide) groups is 1. The second-order valence-electron chi connectivity index (χ2n) is 3.43. The van der Waals surface area contributed by atoms with Crippen molar-refractivity contribution in [2.45, 2.75) is 24.6 Å². The summed E-state index contributed by atoms with van der Waals surface area (Å²) in [5.74, 6) is -0.0557. The lowest BCUT2D eigenvalue weighted by atomic mass is 10.1. The highest BCUT2D eigenvalue weighted by Crippen LogP contribution is 2.43. The first-order valence-electron chi connectivity index (χ1n) is 4.56. The number of nitrogens with zero attached hydrogens (tertiary/aromatic N) is 2. The Morgan fingerprint density at radius 2 is 2.29 bits per heavy atom. The number of hydrogen-bond acceptors (Lipinski definition) is 5. The summed E-state index contributed by atoms with van der Waals surface area (Å²) in [6, 6.07) is 0. The van der Waals surface area contributed by atoms with Crippen molar-refractivity contribution in [2.75, 3.05) is 13.2 Å². The smallest absolute Gasteiger partial charge is 0.240 e. The molecule has 0 radical (unpaired) electrons. The van der Waals surface area contributed by atoms with Gasteiger partial charge in [-0.2, -0.15) is 0 Å². The second kappa shape index (κ2) is 3.43. The third kappa shape index (κ3) is 1.48. The standard InChI is InChI=1S/C8H13N3O2S/c1-6(12)11-8(14-7(9)10-11)2-4-13-5-3-8/h2-5H2,1H3,(H2,9,10). The topological polar surface area (TPSA) is 67.9 Å². The number of rotatable bonds is 0. The van der Waals surface area contributed by atoms with E-state index in [0.29, 0.717) is 18.4 Å². The number of hydrogen-bond donors (Lipinski definition) is 1. The van der Waals surface area contributed by atoms with Crippen molar-refractivity contribution in [1.82, 2.24) is 5.01 Å². The van der Waals surface area contributed by atoms with Crippen molar-refractivity contribution >= 4 is 22.8 Å². The van der Waals surface area contributed by atoms with Crippen LogP contribution >= 0.6 is 11.8 Å². The van der Waals surface area contributed by atoms with E-state index in [4.69, 9.17) is 10.5 Å². The molecule has 1 saturated heterocycles. The molecule has 0 aromatic heterocycles. The van der Waals surface area contributed by atoms with Gasteiger partial charge in [-0.25, -0.2) is 5.01 Å². The zero-order valence-corrected chi connectivity index (χ0v) is 8.84. The Labute approximate surface area is 86.6 Å².